The summed E-state index contributed by atoms with van der Waals surface area (Å²) >= 11 is 1.84. The third-order valence-electron chi connectivity index (χ3n) is 5.09. The van der Waals surface area contributed by atoms with E-state index in [0.29, 0.717) is 18.9 Å². The van der Waals surface area contributed by atoms with Crippen molar-refractivity contribution in [3.8, 4) is 5.75 Å². The molecule has 2 aromatic rings. The van der Waals surface area contributed by atoms with Crippen LogP contribution in [-0.4, -0.2) is 23.1 Å². The van der Waals surface area contributed by atoms with Gasteiger partial charge in [0.1, 0.15) is 17.7 Å². The molecule has 29 heavy (non-hydrogen) atoms. The van der Waals surface area contributed by atoms with Crippen LogP contribution in [-0.2, 0) is 11.4 Å². The molecule has 1 heterocycles. The lowest BCUT2D eigenvalue weighted by molar-refractivity contribution is -0.132. The highest BCUT2D eigenvalue weighted by atomic mass is 32.2. The zero-order valence-electron chi connectivity index (χ0n) is 18.1. The van der Waals surface area contributed by atoms with Crippen molar-refractivity contribution in [1.82, 2.24) is 4.90 Å². The number of hydrogen-bond donors (Lipinski definition) is 0. The summed E-state index contributed by atoms with van der Waals surface area (Å²) in [6.45, 7) is 10.3. The van der Waals surface area contributed by atoms with E-state index >= 15 is 0 Å². The van der Waals surface area contributed by atoms with Gasteiger partial charge in [0.25, 0.3) is 0 Å². The molecule has 0 spiro atoms. The van der Waals surface area contributed by atoms with Gasteiger partial charge in [-0.2, -0.15) is 0 Å². The van der Waals surface area contributed by atoms with Crippen LogP contribution in [0.5, 0.6) is 5.75 Å². The minimum Gasteiger partial charge on any atom is -0.489 e. The van der Waals surface area contributed by atoms with E-state index in [0.717, 1.165) is 35.6 Å². The van der Waals surface area contributed by atoms with E-state index in [4.69, 9.17) is 4.74 Å². The highest BCUT2D eigenvalue weighted by Gasteiger charge is 2.31. The third kappa shape index (κ3) is 6.53. The highest BCUT2D eigenvalue weighted by molar-refractivity contribution is 7.99. The van der Waals surface area contributed by atoms with Gasteiger partial charge in [0, 0.05) is 18.7 Å². The Labute approximate surface area is 179 Å². The summed E-state index contributed by atoms with van der Waals surface area (Å²) in [7, 11) is 0. The molecule has 4 heteroatoms. The van der Waals surface area contributed by atoms with Crippen LogP contribution in [0.3, 0.4) is 0 Å². The second-order valence-corrected chi connectivity index (χ2v) is 10.4. The van der Waals surface area contributed by atoms with Crippen molar-refractivity contribution < 1.29 is 9.53 Å². The Morgan fingerprint density at radius 2 is 1.93 bits per heavy atom. The lowest BCUT2D eigenvalue weighted by atomic mass is 9.84. The van der Waals surface area contributed by atoms with Gasteiger partial charge in [-0.05, 0) is 41.0 Å². The standard InChI is InChI=1S/C25H33NO2S/c1-19(17-25(2,3)4)15-23(27)26-13-14-29-24(26)21-11-8-12-22(16-21)28-18-20-9-6-5-7-10-20/h5-12,16,19,24H,13-15,17-18H2,1-4H3/t19-,24+/m0/s1. The summed E-state index contributed by atoms with van der Waals surface area (Å²) in [5.74, 6) is 2.51. The maximum atomic E-state index is 13.0. The van der Waals surface area contributed by atoms with Crippen LogP contribution in [0.1, 0.15) is 57.0 Å². The van der Waals surface area contributed by atoms with E-state index in [1.54, 1.807) is 0 Å². The van der Waals surface area contributed by atoms with Crippen LogP contribution in [0.4, 0.5) is 0 Å². The topological polar surface area (TPSA) is 29.5 Å². The van der Waals surface area contributed by atoms with Crippen LogP contribution in [0, 0.1) is 11.3 Å². The van der Waals surface area contributed by atoms with Crippen molar-refractivity contribution in [2.24, 2.45) is 11.3 Å². The molecule has 3 rings (SSSR count). The fourth-order valence-electron chi connectivity index (χ4n) is 4.03. The first-order valence-corrected chi connectivity index (χ1v) is 11.5. The fourth-order valence-corrected chi connectivity index (χ4v) is 5.30. The molecule has 0 saturated carbocycles. The molecule has 1 fully saturated rings. The minimum atomic E-state index is 0.0876. The molecule has 1 aliphatic heterocycles. The maximum Gasteiger partial charge on any atom is 0.224 e. The first-order chi connectivity index (χ1) is 13.8. The molecule has 1 amide bonds. The molecule has 0 N–H and O–H groups in total. The number of thioether (sulfide) groups is 1. The molecule has 2 aromatic carbocycles. The summed E-state index contributed by atoms with van der Waals surface area (Å²) in [5.41, 5.74) is 2.55. The zero-order valence-corrected chi connectivity index (χ0v) is 18.9. The summed E-state index contributed by atoms with van der Waals surface area (Å²) in [5, 5.41) is 0.0876. The Morgan fingerprint density at radius 3 is 2.66 bits per heavy atom. The van der Waals surface area contributed by atoms with Crippen LogP contribution >= 0.6 is 11.8 Å². The van der Waals surface area contributed by atoms with Gasteiger partial charge in [-0.15, -0.1) is 11.8 Å². The van der Waals surface area contributed by atoms with Gasteiger partial charge in [-0.1, -0.05) is 70.2 Å². The summed E-state index contributed by atoms with van der Waals surface area (Å²) in [4.78, 5) is 15.1. The summed E-state index contributed by atoms with van der Waals surface area (Å²) < 4.78 is 5.99. The van der Waals surface area contributed by atoms with Crippen molar-refractivity contribution in [2.75, 3.05) is 12.3 Å². The van der Waals surface area contributed by atoms with E-state index < -0.39 is 0 Å². The quantitative estimate of drug-likeness (QED) is 0.535. The van der Waals surface area contributed by atoms with Crippen LogP contribution in [0.25, 0.3) is 0 Å². The second-order valence-electron chi connectivity index (χ2n) is 9.23. The van der Waals surface area contributed by atoms with Crippen molar-refractivity contribution in [3.63, 3.8) is 0 Å². The molecule has 0 unspecified atom stereocenters. The SMILES string of the molecule is C[C@@H](CC(=O)N1CCS[C@@H]1c1cccc(OCc2ccccc2)c1)CC(C)(C)C. The Bertz CT molecular complexity index is 800. The fraction of sp³-hybridized carbons (Fsp3) is 0.480. The summed E-state index contributed by atoms with van der Waals surface area (Å²) in [6.07, 6.45) is 1.69. The first kappa shape index (κ1) is 21.8. The van der Waals surface area contributed by atoms with E-state index in [1.807, 2.05) is 42.1 Å². The molecule has 1 saturated heterocycles. The first-order valence-electron chi connectivity index (χ1n) is 10.5. The number of rotatable bonds is 7. The number of benzene rings is 2. The average molecular weight is 412 g/mol. The predicted octanol–water partition coefficient (Wildman–Crippen LogP) is 6.30. The molecular weight excluding hydrogens is 378 g/mol. The van der Waals surface area contributed by atoms with Gasteiger partial charge in [-0.3, -0.25) is 4.79 Å². The van der Waals surface area contributed by atoms with Gasteiger partial charge < -0.3 is 9.64 Å². The number of carbonyl (C=O) groups is 1. The molecule has 0 radical (unpaired) electrons. The lowest BCUT2D eigenvalue weighted by Crippen LogP contribution is -2.32. The van der Waals surface area contributed by atoms with Crippen molar-refractivity contribution in [1.29, 1.82) is 0 Å². The maximum absolute atomic E-state index is 13.0. The second kappa shape index (κ2) is 9.71. The molecule has 1 aliphatic rings. The van der Waals surface area contributed by atoms with Crippen LogP contribution < -0.4 is 4.74 Å². The lowest BCUT2D eigenvalue weighted by Gasteiger charge is -2.28. The van der Waals surface area contributed by atoms with Gasteiger partial charge in [0.2, 0.25) is 5.91 Å². The van der Waals surface area contributed by atoms with E-state index in [2.05, 4.69) is 56.9 Å². The molecule has 0 aromatic heterocycles. The van der Waals surface area contributed by atoms with Gasteiger partial charge in [-0.25, -0.2) is 0 Å². The van der Waals surface area contributed by atoms with Crippen molar-refractivity contribution in [2.45, 2.75) is 52.5 Å². The average Bonchev–Trinajstić information content (AvgIpc) is 3.16. The summed E-state index contributed by atoms with van der Waals surface area (Å²) in [6, 6.07) is 18.4. The Balaban J connectivity index is 1.63. The minimum absolute atomic E-state index is 0.0876. The molecular formula is C25H33NO2S. The van der Waals surface area contributed by atoms with Gasteiger partial charge in [0.05, 0.1) is 0 Å². The molecule has 3 nitrogen and oxygen atoms in total. The normalized spacial score (nSPS) is 17.9. The monoisotopic (exact) mass is 411 g/mol. The smallest absolute Gasteiger partial charge is 0.224 e. The number of amides is 1. The highest BCUT2D eigenvalue weighted by Crippen LogP contribution is 2.40. The molecule has 0 aliphatic carbocycles. The third-order valence-corrected chi connectivity index (χ3v) is 6.35. The predicted molar refractivity (Wildman–Crippen MR) is 122 cm³/mol. The molecule has 156 valence electrons. The van der Waals surface area contributed by atoms with Gasteiger partial charge >= 0.3 is 0 Å². The Hall–Kier alpha value is -1.94. The van der Waals surface area contributed by atoms with Crippen molar-refractivity contribution in [3.05, 3.63) is 65.7 Å². The van der Waals surface area contributed by atoms with Crippen molar-refractivity contribution >= 4 is 17.7 Å². The van der Waals surface area contributed by atoms with Crippen LogP contribution in [0.15, 0.2) is 54.6 Å². The van der Waals surface area contributed by atoms with Crippen LogP contribution in [0.2, 0.25) is 0 Å². The zero-order chi connectivity index (χ0) is 20.9. The van der Waals surface area contributed by atoms with E-state index in [9.17, 15) is 4.79 Å². The molecule has 2 atom stereocenters. The number of carbonyl (C=O) groups excluding carboxylic acids is 1. The Morgan fingerprint density at radius 1 is 1.17 bits per heavy atom. The number of nitrogens with zero attached hydrogens (tertiary/aromatic N) is 1. The van der Waals surface area contributed by atoms with Gasteiger partial charge in [0.15, 0.2) is 0 Å². The Kier molecular flexibility index (Phi) is 7.28. The largest absolute Gasteiger partial charge is 0.489 e. The van der Waals surface area contributed by atoms with E-state index in [1.165, 1.54) is 0 Å². The number of ether oxygens (including phenoxy) is 1. The number of hydrogen-bond acceptors (Lipinski definition) is 3. The van der Waals surface area contributed by atoms with E-state index in [-0.39, 0.29) is 16.7 Å². The molecule has 0 bridgehead atoms.